The molecule has 1 N–H and O–H groups in total. The molecule has 8 heteroatoms. The normalized spacial score (nSPS) is 15.2. The molecule has 1 aromatic heterocycles. The number of hydrogen-bond donors (Lipinski definition) is 1. The highest BCUT2D eigenvalue weighted by Gasteiger charge is 2.51. The maximum Gasteiger partial charge on any atom is 0.421 e. The Morgan fingerprint density at radius 1 is 1.04 bits per heavy atom. The van der Waals surface area contributed by atoms with Crippen molar-refractivity contribution < 1.29 is 26.7 Å². The minimum Gasteiger partial charge on any atom is -0.376 e. The van der Waals surface area contributed by atoms with Crippen LogP contribution in [0.15, 0.2) is 59.6 Å². The summed E-state index contributed by atoms with van der Waals surface area (Å²) < 4.78 is 66.2. The summed E-state index contributed by atoms with van der Waals surface area (Å²) >= 11 is 0. The summed E-state index contributed by atoms with van der Waals surface area (Å²) in [5.74, 6) is 0. The largest absolute Gasteiger partial charge is 0.421 e. The third-order valence-corrected chi connectivity index (χ3v) is 6.10. The molecule has 0 saturated carbocycles. The van der Waals surface area contributed by atoms with E-state index in [-0.39, 0.29) is 10.4 Å². The number of aromatic nitrogens is 1. The summed E-state index contributed by atoms with van der Waals surface area (Å²) in [5, 5.41) is 10.5. The van der Waals surface area contributed by atoms with E-state index in [9.17, 15) is 26.7 Å². The summed E-state index contributed by atoms with van der Waals surface area (Å²) in [7, 11) is -3.98. The number of hydrogen-bond acceptors (Lipinski definition) is 3. The molecule has 0 aliphatic heterocycles. The highest BCUT2D eigenvalue weighted by molar-refractivity contribution is 7.90. The zero-order valence-corrected chi connectivity index (χ0v) is 14.8. The van der Waals surface area contributed by atoms with Crippen LogP contribution in [0.25, 0.3) is 10.9 Å². The Morgan fingerprint density at radius 3 is 2.23 bits per heavy atom. The lowest BCUT2D eigenvalue weighted by Gasteiger charge is -2.27. The Hall–Kier alpha value is -2.32. The van der Waals surface area contributed by atoms with Crippen molar-refractivity contribution in [3.05, 3.63) is 65.9 Å². The highest BCUT2D eigenvalue weighted by Crippen LogP contribution is 2.40. The van der Waals surface area contributed by atoms with Crippen LogP contribution in [0.2, 0.25) is 0 Å². The van der Waals surface area contributed by atoms with E-state index < -0.39 is 27.4 Å². The van der Waals surface area contributed by atoms with Gasteiger partial charge in [-0.25, -0.2) is 12.4 Å². The number of alkyl halides is 3. The van der Waals surface area contributed by atoms with Gasteiger partial charge in [0.1, 0.15) is 0 Å². The Balaban J connectivity index is 2.28. The SMILES string of the molecule is Cc1cc(C(C)(O)C(F)(F)F)cc2c1ccn2S(=O)(=O)c1ccccc1. The van der Waals surface area contributed by atoms with Crippen molar-refractivity contribution in [3.63, 3.8) is 0 Å². The zero-order valence-electron chi connectivity index (χ0n) is 13.9. The Labute approximate surface area is 148 Å². The number of benzene rings is 2. The third-order valence-electron chi connectivity index (χ3n) is 4.39. The second-order valence-corrected chi connectivity index (χ2v) is 8.04. The smallest absolute Gasteiger partial charge is 0.376 e. The van der Waals surface area contributed by atoms with Crippen LogP contribution in [-0.4, -0.2) is 23.7 Å². The van der Waals surface area contributed by atoms with Gasteiger partial charge in [-0.15, -0.1) is 0 Å². The van der Waals surface area contributed by atoms with Crippen LogP contribution in [0.3, 0.4) is 0 Å². The van der Waals surface area contributed by atoms with E-state index in [2.05, 4.69) is 0 Å². The van der Waals surface area contributed by atoms with Crippen LogP contribution in [0.1, 0.15) is 18.1 Å². The summed E-state index contributed by atoms with van der Waals surface area (Å²) in [6, 6.07) is 11.4. The van der Waals surface area contributed by atoms with E-state index in [0.29, 0.717) is 17.9 Å². The quantitative estimate of drug-likeness (QED) is 0.745. The fourth-order valence-corrected chi connectivity index (χ4v) is 4.12. The predicted octanol–water partition coefficient (Wildman–Crippen LogP) is 3.96. The lowest BCUT2D eigenvalue weighted by atomic mass is 9.92. The van der Waals surface area contributed by atoms with Crippen LogP contribution in [0.5, 0.6) is 0 Å². The first kappa shape index (κ1) is 18.5. The second-order valence-electron chi connectivity index (χ2n) is 6.23. The maximum atomic E-state index is 13.2. The molecule has 0 radical (unpaired) electrons. The standard InChI is InChI=1S/C18H16F3NO3S/c1-12-10-13(17(2,23)18(19,20)21)11-16-15(12)8-9-22(16)26(24,25)14-6-4-3-5-7-14/h3-11,23H,1-2H3. The molecule has 0 aliphatic rings. The Morgan fingerprint density at radius 2 is 1.65 bits per heavy atom. The minimum atomic E-state index is -4.90. The van der Waals surface area contributed by atoms with E-state index in [4.69, 9.17) is 0 Å². The molecule has 1 unspecified atom stereocenters. The van der Waals surface area contributed by atoms with Crippen molar-refractivity contribution >= 4 is 20.9 Å². The summed E-state index contributed by atoms with van der Waals surface area (Å²) in [6.07, 6.45) is -3.60. The molecule has 0 amide bonds. The number of aryl methyl sites for hydroxylation is 1. The van der Waals surface area contributed by atoms with Gasteiger partial charge < -0.3 is 5.11 Å². The van der Waals surface area contributed by atoms with E-state index in [1.807, 2.05) is 0 Å². The fraction of sp³-hybridized carbons (Fsp3) is 0.222. The first-order chi connectivity index (χ1) is 12.0. The maximum absolute atomic E-state index is 13.2. The molecule has 3 aromatic rings. The van der Waals surface area contributed by atoms with Crippen molar-refractivity contribution in [2.45, 2.75) is 30.5 Å². The summed E-state index contributed by atoms with van der Waals surface area (Å²) in [4.78, 5) is 0.0168. The van der Waals surface area contributed by atoms with Crippen molar-refractivity contribution in [3.8, 4) is 0 Å². The minimum absolute atomic E-state index is 0.0168. The van der Waals surface area contributed by atoms with Crippen molar-refractivity contribution in [2.75, 3.05) is 0 Å². The molecular weight excluding hydrogens is 367 g/mol. The van der Waals surface area contributed by atoms with Gasteiger partial charge in [0.15, 0.2) is 5.60 Å². The van der Waals surface area contributed by atoms with Gasteiger partial charge in [-0.3, -0.25) is 0 Å². The molecule has 3 rings (SSSR count). The van der Waals surface area contributed by atoms with Crippen LogP contribution in [0.4, 0.5) is 13.2 Å². The monoisotopic (exact) mass is 383 g/mol. The van der Waals surface area contributed by atoms with E-state index in [1.54, 1.807) is 25.1 Å². The van der Waals surface area contributed by atoms with Crippen molar-refractivity contribution in [2.24, 2.45) is 0 Å². The lowest BCUT2D eigenvalue weighted by Crippen LogP contribution is -2.39. The second kappa shape index (κ2) is 5.85. The highest BCUT2D eigenvalue weighted by atomic mass is 32.2. The van der Waals surface area contributed by atoms with Crippen LogP contribution < -0.4 is 0 Å². The molecule has 2 aromatic carbocycles. The average Bonchev–Trinajstić information content (AvgIpc) is 3.00. The van der Waals surface area contributed by atoms with Gasteiger partial charge in [0.05, 0.1) is 10.4 Å². The first-order valence-corrected chi connectivity index (χ1v) is 9.12. The number of fused-ring (bicyclic) bond motifs is 1. The molecule has 0 saturated heterocycles. The molecule has 1 atom stereocenters. The fourth-order valence-electron chi connectivity index (χ4n) is 2.76. The molecule has 0 spiro atoms. The lowest BCUT2D eigenvalue weighted by molar-refractivity contribution is -0.258. The first-order valence-electron chi connectivity index (χ1n) is 7.68. The Kier molecular flexibility index (Phi) is 4.16. The van der Waals surface area contributed by atoms with Crippen LogP contribution in [0, 0.1) is 6.92 Å². The van der Waals surface area contributed by atoms with E-state index in [0.717, 1.165) is 10.0 Å². The number of rotatable bonds is 3. The zero-order chi connectivity index (χ0) is 19.3. The molecule has 1 heterocycles. The predicted molar refractivity (Wildman–Crippen MR) is 91.3 cm³/mol. The molecule has 138 valence electrons. The summed E-state index contributed by atoms with van der Waals surface area (Å²) in [5.41, 5.74) is -3.01. The molecule has 0 fully saturated rings. The van der Waals surface area contributed by atoms with Gasteiger partial charge in [-0.05, 0) is 49.2 Å². The summed E-state index contributed by atoms with van der Waals surface area (Å²) in [6.45, 7) is 2.21. The van der Waals surface area contributed by atoms with Gasteiger partial charge in [-0.1, -0.05) is 24.3 Å². The molecular formula is C18H16F3NO3S. The van der Waals surface area contributed by atoms with Crippen LogP contribution in [-0.2, 0) is 15.6 Å². The van der Waals surface area contributed by atoms with Crippen molar-refractivity contribution in [1.82, 2.24) is 3.97 Å². The van der Waals surface area contributed by atoms with Gasteiger partial charge in [0.2, 0.25) is 0 Å². The number of aliphatic hydroxyl groups is 1. The third kappa shape index (κ3) is 2.79. The molecule has 0 bridgehead atoms. The van der Waals surface area contributed by atoms with Gasteiger partial charge in [0, 0.05) is 11.6 Å². The Bertz CT molecular complexity index is 1070. The molecule has 0 aliphatic carbocycles. The van der Waals surface area contributed by atoms with Gasteiger partial charge in [0.25, 0.3) is 10.0 Å². The molecule has 4 nitrogen and oxygen atoms in total. The van der Waals surface area contributed by atoms with E-state index in [1.165, 1.54) is 30.5 Å². The number of halogens is 3. The average molecular weight is 383 g/mol. The molecule has 26 heavy (non-hydrogen) atoms. The van der Waals surface area contributed by atoms with Crippen LogP contribution >= 0.6 is 0 Å². The van der Waals surface area contributed by atoms with E-state index >= 15 is 0 Å². The topological polar surface area (TPSA) is 59.3 Å². The number of nitrogens with zero attached hydrogens (tertiary/aromatic N) is 1. The van der Waals surface area contributed by atoms with Crippen molar-refractivity contribution in [1.29, 1.82) is 0 Å². The van der Waals surface area contributed by atoms with Gasteiger partial charge >= 0.3 is 6.18 Å². The van der Waals surface area contributed by atoms with Gasteiger partial charge in [-0.2, -0.15) is 13.2 Å².